The molecule has 1 aromatic rings. The summed E-state index contributed by atoms with van der Waals surface area (Å²) in [6, 6.07) is 6.29. The third-order valence-electron chi connectivity index (χ3n) is 3.31. The van der Waals surface area contributed by atoms with Crippen LogP contribution in [-0.2, 0) is 19.1 Å². The highest BCUT2D eigenvalue weighted by Gasteiger charge is 2.36. The van der Waals surface area contributed by atoms with Gasteiger partial charge < -0.3 is 20.7 Å². The number of carbonyl (C=O) groups is 3. The molecule has 7 nitrogen and oxygen atoms in total. The Morgan fingerprint density at radius 1 is 1.30 bits per heavy atom. The minimum Gasteiger partial charge on any atom is -0.356 e. The summed E-state index contributed by atoms with van der Waals surface area (Å²) in [6.45, 7) is 1.79. The molecule has 3 N–H and O–H groups in total. The van der Waals surface area contributed by atoms with Crippen LogP contribution in [0.3, 0.4) is 0 Å². The van der Waals surface area contributed by atoms with E-state index in [4.69, 9.17) is 16.3 Å². The monoisotopic (exact) mass is 339 g/mol. The van der Waals surface area contributed by atoms with E-state index in [0.29, 0.717) is 17.1 Å². The zero-order valence-electron chi connectivity index (χ0n) is 12.6. The number of morpholine rings is 1. The van der Waals surface area contributed by atoms with Crippen LogP contribution in [-0.4, -0.2) is 43.5 Å². The van der Waals surface area contributed by atoms with Gasteiger partial charge in [0.25, 0.3) is 5.91 Å². The molecule has 0 saturated carbocycles. The molecule has 23 heavy (non-hydrogen) atoms. The standard InChI is InChI=1S/C15H18ClN3O4/c1-9(20)17-6-7-18-15(22)14-13(19-12(21)8-23-14)10-4-2-3-5-11(10)16/h2-5,13-14H,6-8H2,1H3,(H,17,20)(H,18,22)(H,19,21)/t13-,14+/m1/s1. The number of halogens is 1. The summed E-state index contributed by atoms with van der Waals surface area (Å²) in [4.78, 5) is 34.7. The van der Waals surface area contributed by atoms with Gasteiger partial charge in [0.15, 0.2) is 6.10 Å². The second-order valence-corrected chi connectivity index (χ2v) is 5.48. The summed E-state index contributed by atoms with van der Waals surface area (Å²) in [5.74, 6) is -0.855. The van der Waals surface area contributed by atoms with Crippen molar-refractivity contribution in [2.45, 2.75) is 19.1 Å². The lowest BCUT2D eigenvalue weighted by Crippen LogP contribution is -2.53. The molecule has 1 heterocycles. The molecule has 124 valence electrons. The summed E-state index contributed by atoms with van der Waals surface area (Å²) < 4.78 is 5.38. The summed E-state index contributed by atoms with van der Waals surface area (Å²) in [5, 5.41) is 8.42. The van der Waals surface area contributed by atoms with Gasteiger partial charge in [0.1, 0.15) is 6.61 Å². The summed E-state index contributed by atoms with van der Waals surface area (Å²) >= 11 is 6.15. The van der Waals surface area contributed by atoms with Crippen LogP contribution in [0.5, 0.6) is 0 Å². The minimum absolute atomic E-state index is 0.172. The Labute approximate surface area is 138 Å². The zero-order valence-corrected chi connectivity index (χ0v) is 13.4. The van der Waals surface area contributed by atoms with Crippen molar-refractivity contribution >= 4 is 29.3 Å². The fraction of sp³-hybridized carbons (Fsp3) is 0.400. The lowest BCUT2D eigenvalue weighted by Gasteiger charge is -2.32. The van der Waals surface area contributed by atoms with Crippen LogP contribution in [0.15, 0.2) is 24.3 Å². The van der Waals surface area contributed by atoms with Crippen LogP contribution in [0.1, 0.15) is 18.5 Å². The Bertz CT molecular complexity index is 608. The first-order valence-electron chi connectivity index (χ1n) is 7.16. The minimum atomic E-state index is -0.884. The fourth-order valence-corrected chi connectivity index (χ4v) is 2.53. The molecular formula is C15H18ClN3O4. The molecule has 1 fully saturated rings. The normalized spacial score (nSPS) is 20.5. The topological polar surface area (TPSA) is 96.5 Å². The van der Waals surface area contributed by atoms with E-state index in [1.54, 1.807) is 24.3 Å². The first kappa shape index (κ1) is 17.2. The number of hydrogen-bond acceptors (Lipinski definition) is 4. The maximum atomic E-state index is 12.3. The highest BCUT2D eigenvalue weighted by atomic mass is 35.5. The van der Waals surface area contributed by atoms with Gasteiger partial charge in [-0.3, -0.25) is 14.4 Å². The van der Waals surface area contributed by atoms with Crippen molar-refractivity contribution in [1.29, 1.82) is 0 Å². The predicted octanol–water partition coefficient (Wildman–Crippen LogP) is 0.148. The molecule has 1 saturated heterocycles. The van der Waals surface area contributed by atoms with Crippen molar-refractivity contribution in [2.24, 2.45) is 0 Å². The number of amides is 3. The Morgan fingerprint density at radius 3 is 2.70 bits per heavy atom. The molecule has 0 aliphatic carbocycles. The van der Waals surface area contributed by atoms with Crippen molar-refractivity contribution in [3.63, 3.8) is 0 Å². The molecule has 2 rings (SSSR count). The van der Waals surface area contributed by atoms with E-state index in [1.165, 1.54) is 6.92 Å². The van der Waals surface area contributed by atoms with Gasteiger partial charge in [0.05, 0.1) is 6.04 Å². The van der Waals surface area contributed by atoms with E-state index >= 15 is 0 Å². The van der Waals surface area contributed by atoms with E-state index in [9.17, 15) is 14.4 Å². The number of hydrogen-bond donors (Lipinski definition) is 3. The van der Waals surface area contributed by atoms with E-state index in [1.807, 2.05) is 0 Å². The zero-order chi connectivity index (χ0) is 16.8. The lowest BCUT2D eigenvalue weighted by molar-refractivity contribution is -0.148. The predicted molar refractivity (Wildman–Crippen MR) is 83.8 cm³/mol. The third kappa shape index (κ3) is 4.67. The van der Waals surface area contributed by atoms with Crippen LogP contribution in [0.4, 0.5) is 0 Å². The van der Waals surface area contributed by atoms with E-state index in [-0.39, 0.29) is 30.9 Å². The molecule has 8 heteroatoms. The number of carbonyl (C=O) groups excluding carboxylic acids is 3. The smallest absolute Gasteiger partial charge is 0.251 e. The van der Waals surface area contributed by atoms with Gasteiger partial charge in [0, 0.05) is 25.0 Å². The quantitative estimate of drug-likeness (QED) is 0.665. The molecule has 1 aliphatic heterocycles. The Morgan fingerprint density at radius 2 is 2.00 bits per heavy atom. The van der Waals surface area contributed by atoms with Gasteiger partial charge in [-0.1, -0.05) is 29.8 Å². The largest absolute Gasteiger partial charge is 0.356 e. The highest BCUT2D eigenvalue weighted by Crippen LogP contribution is 2.28. The first-order valence-corrected chi connectivity index (χ1v) is 7.54. The first-order chi connectivity index (χ1) is 11.0. The Balaban J connectivity index is 2.05. The van der Waals surface area contributed by atoms with Crippen molar-refractivity contribution < 1.29 is 19.1 Å². The second kappa shape index (κ2) is 7.94. The molecule has 0 spiro atoms. The van der Waals surface area contributed by atoms with Crippen molar-refractivity contribution in [1.82, 2.24) is 16.0 Å². The van der Waals surface area contributed by atoms with Gasteiger partial charge in [-0.2, -0.15) is 0 Å². The maximum Gasteiger partial charge on any atom is 0.251 e. The van der Waals surface area contributed by atoms with Crippen LogP contribution in [0.25, 0.3) is 0 Å². The van der Waals surface area contributed by atoms with Crippen LogP contribution < -0.4 is 16.0 Å². The third-order valence-corrected chi connectivity index (χ3v) is 3.65. The van der Waals surface area contributed by atoms with Crippen LogP contribution in [0, 0.1) is 0 Å². The van der Waals surface area contributed by atoms with Gasteiger partial charge in [0.2, 0.25) is 11.8 Å². The summed E-state index contributed by atoms with van der Waals surface area (Å²) in [6.07, 6.45) is -0.884. The van der Waals surface area contributed by atoms with Crippen molar-refractivity contribution in [3.05, 3.63) is 34.9 Å². The van der Waals surface area contributed by atoms with Crippen molar-refractivity contribution in [2.75, 3.05) is 19.7 Å². The lowest BCUT2D eigenvalue weighted by atomic mass is 9.99. The number of benzene rings is 1. The summed E-state index contributed by atoms with van der Waals surface area (Å²) in [7, 11) is 0. The molecule has 0 radical (unpaired) electrons. The molecule has 3 amide bonds. The molecule has 1 aromatic carbocycles. The summed E-state index contributed by atoms with van der Waals surface area (Å²) in [5.41, 5.74) is 0.615. The van der Waals surface area contributed by atoms with E-state index in [0.717, 1.165) is 0 Å². The molecular weight excluding hydrogens is 322 g/mol. The second-order valence-electron chi connectivity index (χ2n) is 5.07. The Kier molecular flexibility index (Phi) is 5.95. The van der Waals surface area contributed by atoms with Gasteiger partial charge in [-0.05, 0) is 11.6 Å². The number of rotatable bonds is 5. The molecule has 0 bridgehead atoms. The molecule has 1 aliphatic rings. The van der Waals surface area contributed by atoms with Crippen LogP contribution >= 0.6 is 11.6 Å². The van der Waals surface area contributed by atoms with Crippen molar-refractivity contribution in [3.8, 4) is 0 Å². The fourth-order valence-electron chi connectivity index (χ4n) is 2.27. The Hall–Kier alpha value is -2.12. The average Bonchev–Trinajstić information content (AvgIpc) is 2.51. The highest BCUT2D eigenvalue weighted by molar-refractivity contribution is 6.31. The molecule has 0 aromatic heterocycles. The molecule has 0 unspecified atom stereocenters. The average molecular weight is 340 g/mol. The van der Waals surface area contributed by atoms with Gasteiger partial charge >= 0.3 is 0 Å². The van der Waals surface area contributed by atoms with Gasteiger partial charge in [-0.15, -0.1) is 0 Å². The molecule has 2 atom stereocenters. The SMILES string of the molecule is CC(=O)NCCNC(=O)[C@H]1OCC(=O)N[C@@H]1c1ccccc1Cl. The van der Waals surface area contributed by atoms with E-state index in [2.05, 4.69) is 16.0 Å². The number of ether oxygens (including phenoxy) is 1. The van der Waals surface area contributed by atoms with E-state index < -0.39 is 12.1 Å². The van der Waals surface area contributed by atoms with Gasteiger partial charge in [-0.25, -0.2) is 0 Å². The maximum absolute atomic E-state index is 12.3. The number of nitrogens with one attached hydrogen (secondary N) is 3. The van der Waals surface area contributed by atoms with Crippen LogP contribution in [0.2, 0.25) is 5.02 Å².